The lowest BCUT2D eigenvalue weighted by Crippen LogP contribution is -2.10. The van der Waals surface area contributed by atoms with E-state index < -0.39 is 10.0 Å². The van der Waals surface area contributed by atoms with Crippen LogP contribution in [0.1, 0.15) is 11.1 Å². The minimum absolute atomic E-state index is 0.0265. The van der Waals surface area contributed by atoms with Crippen molar-refractivity contribution in [3.63, 3.8) is 0 Å². The highest BCUT2D eigenvalue weighted by Gasteiger charge is 2.13. The number of aromatic hydroxyl groups is 1. The van der Waals surface area contributed by atoms with Gasteiger partial charge in [-0.2, -0.15) is 0 Å². The van der Waals surface area contributed by atoms with Crippen LogP contribution >= 0.6 is 0 Å². The summed E-state index contributed by atoms with van der Waals surface area (Å²) in [7, 11) is -3.43. The smallest absolute Gasteiger partial charge is 0.229 e. The van der Waals surface area contributed by atoms with E-state index in [0.29, 0.717) is 11.1 Å². The zero-order valence-electron chi connectivity index (χ0n) is 9.59. The fourth-order valence-corrected chi connectivity index (χ4v) is 1.97. The van der Waals surface area contributed by atoms with Crippen LogP contribution in [0.2, 0.25) is 0 Å². The van der Waals surface area contributed by atoms with Crippen LogP contribution in [0.4, 0.5) is 11.4 Å². The van der Waals surface area contributed by atoms with Gasteiger partial charge in [0.2, 0.25) is 10.0 Å². The van der Waals surface area contributed by atoms with Crippen molar-refractivity contribution in [2.45, 2.75) is 13.8 Å². The van der Waals surface area contributed by atoms with Crippen molar-refractivity contribution >= 4 is 21.4 Å². The van der Waals surface area contributed by atoms with E-state index in [4.69, 9.17) is 5.53 Å². The third kappa shape index (κ3) is 3.02. The molecular formula is C9H12N4O3S. The van der Waals surface area contributed by atoms with Gasteiger partial charge < -0.3 is 5.11 Å². The summed E-state index contributed by atoms with van der Waals surface area (Å²) in [4.78, 5) is 2.59. The molecule has 0 bridgehead atoms. The number of aryl methyl sites for hydroxylation is 1. The summed E-state index contributed by atoms with van der Waals surface area (Å²) in [6.07, 6.45) is 1.02. The number of nitrogens with one attached hydrogen (secondary N) is 1. The van der Waals surface area contributed by atoms with Gasteiger partial charge in [0.1, 0.15) is 5.75 Å². The Bertz CT molecular complexity index is 603. The first-order valence-corrected chi connectivity index (χ1v) is 6.51. The zero-order valence-corrected chi connectivity index (χ0v) is 10.4. The summed E-state index contributed by atoms with van der Waals surface area (Å²) in [5, 5.41) is 13.0. The first-order chi connectivity index (χ1) is 7.76. The Balaban J connectivity index is 3.49. The van der Waals surface area contributed by atoms with E-state index in [0.717, 1.165) is 6.26 Å². The number of hydrogen-bond acceptors (Lipinski definition) is 4. The number of rotatable bonds is 3. The number of benzene rings is 1. The van der Waals surface area contributed by atoms with Gasteiger partial charge in [-0.05, 0) is 36.6 Å². The highest BCUT2D eigenvalue weighted by Crippen LogP contribution is 2.38. The molecule has 0 spiro atoms. The molecule has 0 aliphatic carbocycles. The van der Waals surface area contributed by atoms with Gasteiger partial charge in [-0.25, -0.2) is 8.42 Å². The van der Waals surface area contributed by atoms with Crippen LogP contribution in [-0.4, -0.2) is 19.8 Å². The quantitative estimate of drug-likeness (QED) is 0.374. The van der Waals surface area contributed by atoms with E-state index in [1.165, 1.54) is 6.07 Å². The summed E-state index contributed by atoms with van der Waals surface area (Å²) >= 11 is 0. The van der Waals surface area contributed by atoms with Crippen molar-refractivity contribution < 1.29 is 13.5 Å². The molecule has 0 fully saturated rings. The molecule has 8 heteroatoms. The lowest BCUT2D eigenvalue weighted by atomic mass is 10.1. The van der Waals surface area contributed by atoms with Crippen molar-refractivity contribution in [1.82, 2.24) is 0 Å². The van der Waals surface area contributed by atoms with Gasteiger partial charge in [0.25, 0.3) is 0 Å². The second-order valence-electron chi connectivity index (χ2n) is 3.63. The summed E-state index contributed by atoms with van der Waals surface area (Å²) < 4.78 is 24.6. The van der Waals surface area contributed by atoms with Gasteiger partial charge in [0.05, 0.1) is 17.6 Å². The van der Waals surface area contributed by atoms with E-state index in [2.05, 4.69) is 14.7 Å². The maximum Gasteiger partial charge on any atom is 0.229 e. The molecule has 0 aliphatic rings. The van der Waals surface area contributed by atoms with Gasteiger partial charge in [-0.15, -0.1) is 0 Å². The molecule has 0 unspecified atom stereocenters. The van der Waals surface area contributed by atoms with Crippen molar-refractivity contribution in [3.05, 3.63) is 27.6 Å². The SMILES string of the molecule is Cc1cc(NS(C)(=O)=O)c(C)c(N=[N+]=[N-])c1O. The van der Waals surface area contributed by atoms with E-state index in [1.807, 2.05) is 0 Å². The number of phenols is 1. The number of sulfonamides is 1. The van der Waals surface area contributed by atoms with Crippen LogP contribution in [0.25, 0.3) is 10.4 Å². The van der Waals surface area contributed by atoms with Crippen molar-refractivity contribution in [1.29, 1.82) is 0 Å². The topological polar surface area (TPSA) is 115 Å². The van der Waals surface area contributed by atoms with E-state index >= 15 is 0 Å². The fourth-order valence-electron chi connectivity index (χ4n) is 1.36. The highest BCUT2D eigenvalue weighted by molar-refractivity contribution is 7.92. The molecule has 0 radical (unpaired) electrons. The second kappa shape index (κ2) is 4.52. The van der Waals surface area contributed by atoms with Gasteiger partial charge in [-0.1, -0.05) is 5.11 Å². The van der Waals surface area contributed by atoms with Crippen molar-refractivity contribution in [3.8, 4) is 5.75 Å². The minimum Gasteiger partial charge on any atom is -0.507 e. The molecule has 0 heterocycles. The van der Waals surface area contributed by atoms with Gasteiger partial charge in [-0.3, -0.25) is 4.72 Å². The van der Waals surface area contributed by atoms with Crippen LogP contribution in [0.5, 0.6) is 5.75 Å². The van der Waals surface area contributed by atoms with Crippen LogP contribution < -0.4 is 4.72 Å². The third-order valence-corrected chi connectivity index (χ3v) is 2.75. The number of nitrogens with zero attached hydrogens (tertiary/aromatic N) is 3. The molecule has 1 rings (SSSR count). The Hall–Kier alpha value is -1.92. The molecule has 2 N–H and O–H groups in total. The van der Waals surface area contributed by atoms with Crippen molar-refractivity contribution in [2.75, 3.05) is 11.0 Å². The van der Waals surface area contributed by atoms with Gasteiger partial charge in [0.15, 0.2) is 0 Å². The molecule has 92 valence electrons. The lowest BCUT2D eigenvalue weighted by Gasteiger charge is -2.13. The second-order valence-corrected chi connectivity index (χ2v) is 5.38. The van der Waals surface area contributed by atoms with Crippen LogP contribution in [0, 0.1) is 13.8 Å². The van der Waals surface area contributed by atoms with Gasteiger partial charge in [0, 0.05) is 4.91 Å². The number of hydrogen-bond donors (Lipinski definition) is 2. The molecule has 17 heavy (non-hydrogen) atoms. The average Bonchev–Trinajstić information content (AvgIpc) is 2.19. The largest absolute Gasteiger partial charge is 0.507 e. The van der Waals surface area contributed by atoms with Crippen LogP contribution in [-0.2, 0) is 10.0 Å². The number of phenolic OH excluding ortho intramolecular Hbond substituents is 1. The molecule has 0 saturated carbocycles. The summed E-state index contributed by atoms with van der Waals surface area (Å²) in [6.45, 7) is 3.13. The average molecular weight is 256 g/mol. The summed E-state index contributed by atoms with van der Waals surface area (Å²) in [5.74, 6) is -0.153. The fraction of sp³-hybridized carbons (Fsp3) is 0.333. The maximum atomic E-state index is 11.1. The number of anilines is 1. The molecule has 7 nitrogen and oxygen atoms in total. The minimum atomic E-state index is -3.43. The van der Waals surface area contributed by atoms with E-state index in [-0.39, 0.29) is 17.1 Å². The van der Waals surface area contributed by atoms with Crippen LogP contribution in [0.3, 0.4) is 0 Å². The predicted octanol–water partition coefficient (Wildman–Crippen LogP) is 2.32. The maximum absolute atomic E-state index is 11.1. The monoisotopic (exact) mass is 256 g/mol. The predicted molar refractivity (Wildman–Crippen MR) is 64.9 cm³/mol. The molecule has 0 aliphatic heterocycles. The first-order valence-electron chi connectivity index (χ1n) is 4.62. The standard InChI is InChI=1S/C9H12N4O3S/c1-5-4-7(12-17(3,15)16)6(2)8(9(5)14)11-13-10/h4,12,14H,1-3H3. The zero-order chi connectivity index (χ0) is 13.2. The van der Waals surface area contributed by atoms with Crippen LogP contribution in [0.15, 0.2) is 11.2 Å². The molecule has 1 aromatic carbocycles. The Morgan fingerprint density at radius 1 is 1.47 bits per heavy atom. The van der Waals surface area contributed by atoms with E-state index in [1.54, 1.807) is 13.8 Å². The third-order valence-electron chi connectivity index (χ3n) is 2.16. The Labute approximate surface area is 98.8 Å². The highest BCUT2D eigenvalue weighted by atomic mass is 32.2. The first kappa shape index (κ1) is 13.1. The lowest BCUT2D eigenvalue weighted by molar-refractivity contribution is 0.472. The molecule has 0 amide bonds. The molecule has 0 aromatic heterocycles. The molecular weight excluding hydrogens is 244 g/mol. The van der Waals surface area contributed by atoms with E-state index in [9.17, 15) is 13.5 Å². The normalized spacial score (nSPS) is 10.8. The Kier molecular flexibility index (Phi) is 3.50. The summed E-state index contributed by atoms with van der Waals surface area (Å²) in [6, 6.07) is 1.47. The Morgan fingerprint density at radius 3 is 2.53 bits per heavy atom. The van der Waals surface area contributed by atoms with Gasteiger partial charge >= 0.3 is 0 Å². The Morgan fingerprint density at radius 2 is 2.06 bits per heavy atom. The summed E-state index contributed by atoms with van der Waals surface area (Å²) in [5.41, 5.74) is 9.49. The van der Waals surface area contributed by atoms with Crippen molar-refractivity contribution in [2.24, 2.45) is 5.11 Å². The number of azide groups is 1. The molecule has 0 saturated heterocycles. The molecule has 0 atom stereocenters. The molecule has 1 aromatic rings.